The van der Waals surface area contributed by atoms with Gasteiger partial charge in [0.15, 0.2) is 0 Å². The van der Waals surface area contributed by atoms with Crippen LogP contribution in [0.2, 0.25) is 0 Å². The van der Waals surface area contributed by atoms with Gasteiger partial charge < -0.3 is 15.5 Å². The number of rotatable bonds is 4. The standard InChI is InChI=1S/C17H20N6O2/c24-15(16(25)22-14-3-1-6-18-12-14)21-11-13-4-9-23(10-5-13)17-19-7-2-8-20-17/h1-3,6-8,12-13H,4-5,9-11H2,(H,21,24)(H,22,25). The summed E-state index contributed by atoms with van der Waals surface area (Å²) in [6.07, 6.45) is 8.39. The lowest BCUT2D eigenvalue weighted by Gasteiger charge is -2.31. The van der Waals surface area contributed by atoms with Gasteiger partial charge in [-0.15, -0.1) is 0 Å². The average molecular weight is 340 g/mol. The molecular weight excluding hydrogens is 320 g/mol. The number of hydrogen-bond donors (Lipinski definition) is 2. The van der Waals surface area contributed by atoms with E-state index in [1.807, 2.05) is 0 Å². The summed E-state index contributed by atoms with van der Waals surface area (Å²) in [5.41, 5.74) is 0.499. The predicted molar refractivity (Wildman–Crippen MR) is 92.8 cm³/mol. The van der Waals surface area contributed by atoms with Gasteiger partial charge in [0, 0.05) is 38.2 Å². The van der Waals surface area contributed by atoms with Crippen molar-refractivity contribution in [3.8, 4) is 0 Å². The molecule has 0 saturated carbocycles. The van der Waals surface area contributed by atoms with E-state index in [1.54, 1.807) is 36.8 Å². The second kappa shape index (κ2) is 8.18. The monoisotopic (exact) mass is 340 g/mol. The van der Waals surface area contributed by atoms with E-state index in [9.17, 15) is 9.59 Å². The molecule has 1 aliphatic heterocycles. The van der Waals surface area contributed by atoms with E-state index in [0.29, 0.717) is 18.2 Å². The minimum Gasteiger partial charge on any atom is -0.348 e. The quantitative estimate of drug-likeness (QED) is 0.800. The third kappa shape index (κ3) is 4.72. The molecule has 8 heteroatoms. The van der Waals surface area contributed by atoms with Crippen LogP contribution in [-0.4, -0.2) is 46.4 Å². The molecule has 0 aromatic carbocycles. The molecular formula is C17H20N6O2. The van der Waals surface area contributed by atoms with Crippen molar-refractivity contribution < 1.29 is 9.59 Å². The Morgan fingerprint density at radius 2 is 1.84 bits per heavy atom. The highest BCUT2D eigenvalue weighted by molar-refractivity contribution is 6.39. The SMILES string of the molecule is O=C(NCC1CCN(c2ncccn2)CC1)C(=O)Nc1cccnc1. The van der Waals surface area contributed by atoms with Crippen LogP contribution < -0.4 is 15.5 Å². The zero-order chi connectivity index (χ0) is 17.5. The molecule has 0 spiro atoms. The lowest BCUT2D eigenvalue weighted by atomic mass is 9.97. The summed E-state index contributed by atoms with van der Waals surface area (Å²) in [5.74, 6) is -0.225. The first-order chi connectivity index (χ1) is 12.2. The van der Waals surface area contributed by atoms with Crippen LogP contribution in [0.3, 0.4) is 0 Å². The van der Waals surface area contributed by atoms with Gasteiger partial charge >= 0.3 is 11.8 Å². The zero-order valence-electron chi connectivity index (χ0n) is 13.8. The molecule has 1 saturated heterocycles. The number of anilines is 2. The van der Waals surface area contributed by atoms with Gasteiger partial charge in [0.2, 0.25) is 5.95 Å². The lowest BCUT2D eigenvalue weighted by Crippen LogP contribution is -2.42. The molecule has 25 heavy (non-hydrogen) atoms. The van der Waals surface area contributed by atoms with Crippen molar-refractivity contribution in [3.63, 3.8) is 0 Å². The Kier molecular flexibility index (Phi) is 5.50. The maximum Gasteiger partial charge on any atom is 0.313 e. The minimum atomic E-state index is -0.678. The van der Waals surface area contributed by atoms with Crippen LogP contribution in [0.1, 0.15) is 12.8 Å². The smallest absolute Gasteiger partial charge is 0.313 e. The molecule has 2 N–H and O–H groups in total. The summed E-state index contributed by atoms with van der Waals surface area (Å²) in [6, 6.07) is 5.17. The second-order valence-electron chi connectivity index (χ2n) is 5.89. The zero-order valence-corrected chi connectivity index (χ0v) is 13.8. The Bertz CT molecular complexity index is 702. The summed E-state index contributed by atoms with van der Waals surface area (Å²) in [4.78, 5) is 38.3. The number of aromatic nitrogens is 3. The molecule has 2 aromatic rings. The molecule has 3 heterocycles. The highest BCUT2D eigenvalue weighted by Crippen LogP contribution is 2.19. The number of nitrogens with one attached hydrogen (secondary N) is 2. The third-order valence-corrected chi connectivity index (χ3v) is 4.13. The number of nitrogens with zero attached hydrogens (tertiary/aromatic N) is 4. The number of hydrogen-bond acceptors (Lipinski definition) is 6. The Hall–Kier alpha value is -3.03. The van der Waals surface area contributed by atoms with Gasteiger partial charge in [-0.25, -0.2) is 9.97 Å². The highest BCUT2D eigenvalue weighted by Gasteiger charge is 2.22. The molecule has 2 amide bonds. The van der Waals surface area contributed by atoms with Crippen LogP contribution in [0.5, 0.6) is 0 Å². The van der Waals surface area contributed by atoms with Gasteiger partial charge in [0.25, 0.3) is 0 Å². The molecule has 0 bridgehead atoms. The van der Waals surface area contributed by atoms with Crippen molar-refractivity contribution in [2.45, 2.75) is 12.8 Å². The molecule has 0 radical (unpaired) electrons. The maximum atomic E-state index is 11.9. The van der Waals surface area contributed by atoms with E-state index < -0.39 is 11.8 Å². The summed E-state index contributed by atoms with van der Waals surface area (Å²) < 4.78 is 0. The van der Waals surface area contributed by atoms with Crippen LogP contribution in [0.15, 0.2) is 43.0 Å². The van der Waals surface area contributed by atoms with Crippen LogP contribution in [0, 0.1) is 5.92 Å². The fourth-order valence-electron chi connectivity index (χ4n) is 2.73. The predicted octanol–water partition coefficient (Wildman–Crippen LogP) is 0.843. The Labute approximate surface area is 145 Å². The van der Waals surface area contributed by atoms with E-state index in [4.69, 9.17) is 0 Å². The van der Waals surface area contributed by atoms with E-state index in [1.165, 1.54) is 6.20 Å². The molecule has 1 aliphatic rings. The van der Waals surface area contributed by atoms with Gasteiger partial charge in [-0.05, 0) is 37.0 Å². The lowest BCUT2D eigenvalue weighted by molar-refractivity contribution is -0.136. The topological polar surface area (TPSA) is 100 Å². The fraction of sp³-hybridized carbons (Fsp3) is 0.353. The first-order valence-corrected chi connectivity index (χ1v) is 8.23. The van der Waals surface area contributed by atoms with Gasteiger partial charge in [0.05, 0.1) is 11.9 Å². The molecule has 0 atom stereocenters. The van der Waals surface area contributed by atoms with Crippen molar-refractivity contribution >= 4 is 23.5 Å². The highest BCUT2D eigenvalue weighted by atomic mass is 16.2. The van der Waals surface area contributed by atoms with Crippen LogP contribution in [0.25, 0.3) is 0 Å². The normalized spacial score (nSPS) is 14.8. The number of carbonyl (C=O) groups excluding carboxylic acids is 2. The van der Waals surface area contributed by atoms with E-state index in [-0.39, 0.29) is 0 Å². The summed E-state index contributed by atoms with van der Waals surface area (Å²) >= 11 is 0. The Balaban J connectivity index is 1.40. The van der Waals surface area contributed by atoms with Crippen molar-refractivity contribution in [3.05, 3.63) is 43.0 Å². The summed E-state index contributed by atoms with van der Waals surface area (Å²) in [7, 11) is 0. The molecule has 0 aliphatic carbocycles. The van der Waals surface area contributed by atoms with Crippen molar-refractivity contribution in [1.29, 1.82) is 0 Å². The minimum absolute atomic E-state index is 0.343. The summed E-state index contributed by atoms with van der Waals surface area (Å²) in [5, 5.41) is 5.23. The third-order valence-electron chi connectivity index (χ3n) is 4.13. The molecule has 2 aromatic heterocycles. The van der Waals surface area contributed by atoms with Gasteiger partial charge in [0.1, 0.15) is 0 Å². The van der Waals surface area contributed by atoms with Crippen LogP contribution in [0.4, 0.5) is 11.6 Å². The van der Waals surface area contributed by atoms with Crippen LogP contribution >= 0.6 is 0 Å². The molecule has 1 fully saturated rings. The van der Waals surface area contributed by atoms with Crippen molar-refractivity contribution in [1.82, 2.24) is 20.3 Å². The number of piperidine rings is 1. The Morgan fingerprint density at radius 1 is 1.08 bits per heavy atom. The molecule has 3 rings (SSSR count). The van der Waals surface area contributed by atoms with Crippen molar-refractivity contribution in [2.75, 3.05) is 29.9 Å². The maximum absolute atomic E-state index is 11.9. The summed E-state index contributed by atoms with van der Waals surface area (Å²) in [6.45, 7) is 2.17. The number of carbonyl (C=O) groups is 2. The molecule has 130 valence electrons. The Morgan fingerprint density at radius 3 is 2.52 bits per heavy atom. The van der Waals surface area contributed by atoms with E-state index in [2.05, 4.69) is 30.5 Å². The molecule has 0 unspecified atom stereocenters. The first-order valence-electron chi connectivity index (χ1n) is 8.23. The van der Waals surface area contributed by atoms with Crippen LogP contribution in [-0.2, 0) is 9.59 Å². The van der Waals surface area contributed by atoms with Gasteiger partial charge in [-0.3, -0.25) is 14.6 Å². The van der Waals surface area contributed by atoms with E-state index in [0.717, 1.165) is 31.9 Å². The fourth-order valence-corrected chi connectivity index (χ4v) is 2.73. The first kappa shape index (κ1) is 16.8. The molecule has 8 nitrogen and oxygen atoms in total. The second-order valence-corrected chi connectivity index (χ2v) is 5.89. The van der Waals surface area contributed by atoms with Gasteiger partial charge in [-0.2, -0.15) is 0 Å². The number of pyridine rings is 1. The largest absolute Gasteiger partial charge is 0.348 e. The average Bonchev–Trinajstić information content (AvgIpc) is 2.68. The van der Waals surface area contributed by atoms with Crippen molar-refractivity contribution in [2.24, 2.45) is 5.92 Å². The van der Waals surface area contributed by atoms with Gasteiger partial charge in [-0.1, -0.05) is 0 Å². The van der Waals surface area contributed by atoms with E-state index >= 15 is 0 Å². The number of amides is 2.